The lowest BCUT2D eigenvalue weighted by molar-refractivity contribution is 0.206. The Morgan fingerprint density at radius 3 is 2.91 bits per heavy atom. The molecule has 1 rings (SSSR count). The van der Waals surface area contributed by atoms with E-state index in [0.29, 0.717) is 25.1 Å². The molecule has 0 aromatic heterocycles. The monoisotopic (exact) mass is 158 g/mol. The smallest absolute Gasteiger partial charge is 0.0474 e. The molecular formula is C8H18N2O. The van der Waals surface area contributed by atoms with Crippen LogP contribution >= 0.6 is 0 Å². The Balaban J connectivity index is 2.20. The largest absolute Gasteiger partial charge is 0.396 e. The molecule has 0 aromatic carbocycles. The van der Waals surface area contributed by atoms with Crippen LogP contribution in [-0.4, -0.2) is 30.8 Å². The topological polar surface area (TPSA) is 58.3 Å². The molecule has 4 N–H and O–H groups in total. The van der Waals surface area contributed by atoms with Crippen LogP contribution in [0.25, 0.3) is 0 Å². The zero-order valence-electron chi connectivity index (χ0n) is 6.92. The molecule has 0 aliphatic heterocycles. The Hall–Kier alpha value is -0.120. The van der Waals surface area contributed by atoms with Gasteiger partial charge in [-0.25, -0.2) is 0 Å². The molecule has 11 heavy (non-hydrogen) atoms. The van der Waals surface area contributed by atoms with Gasteiger partial charge >= 0.3 is 0 Å². The first-order valence-corrected chi connectivity index (χ1v) is 4.42. The standard InChI is InChI=1S/C8H18N2O/c9-4-5-10-8-3-1-2-7(8)6-11/h7-8,10-11H,1-6,9H2. The van der Waals surface area contributed by atoms with Gasteiger partial charge in [0.05, 0.1) is 0 Å². The summed E-state index contributed by atoms with van der Waals surface area (Å²) in [5.74, 6) is 0.474. The third-order valence-electron chi connectivity index (χ3n) is 2.44. The number of aliphatic hydroxyl groups is 1. The SMILES string of the molecule is NCCNC1CCCC1CO. The van der Waals surface area contributed by atoms with Gasteiger partial charge in [0.15, 0.2) is 0 Å². The minimum atomic E-state index is 0.322. The summed E-state index contributed by atoms with van der Waals surface area (Å²) in [5, 5.41) is 12.3. The predicted molar refractivity (Wildman–Crippen MR) is 45.3 cm³/mol. The van der Waals surface area contributed by atoms with Crippen LogP contribution in [0.1, 0.15) is 19.3 Å². The summed E-state index contributed by atoms with van der Waals surface area (Å²) in [6, 6.07) is 0.517. The first kappa shape index (κ1) is 8.97. The summed E-state index contributed by atoms with van der Waals surface area (Å²) in [6.07, 6.45) is 3.61. The lowest BCUT2D eigenvalue weighted by Crippen LogP contribution is -2.37. The molecule has 2 atom stereocenters. The van der Waals surface area contributed by atoms with E-state index in [0.717, 1.165) is 6.54 Å². The zero-order chi connectivity index (χ0) is 8.10. The van der Waals surface area contributed by atoms with Crippen molar-refractivity contribution >= 4 is 0 Å². The van der Waals surface area contributed by atoms with E-state index in [-0.39, 0.29) is 0 Å². The van der Waals surface area contributed by atoms with Crippen LogP contribution in [0.3, 0.4) is 0 Å². The Morgan fingerprint density at radius 2 is 2.27 bits per heavy atom. The molecule has 0 aromatic rings. The van der Waals surface area contributed by atoms with Crippen molar-refractivity contribution < 1.29 is 5.11 Å². The third kappa shape index (κ3) is 2.43. The fourth-order valence-electron chi connectivity index (χ4n) is 1.79. The van der Waals surface area contributed by atoms with E-state index in [9.17, 15) is 0 Å². The average Bonchev–Trinajstić information content (AvgIpc) is 2.47. The molecule has 1 saturated carbocycles. The Morgan fingerprint density at radius 1 is 1.45 bits per heavy atom. The fourth-order valence-corrected chi connectivity index (χ4v) is 1.79. The molecule has 1 aliphatic carbocycles. The molecule has 66 valence electrons. The van der Waals surface area contributed by atoms with E-state index < -0.39 is 0 Å². The highest BCUT2D eigenvalue weighted by Gasteiger charge is 2.25. The van der Waals surface area contributed by atoms with E-state index in [4.69, 9.17) is 10.8 Å². The van der Waals surface area contributed by atoms with E-state index >= 15 is 0 Å². The molecule has 1 aliphatic rings. The van der Waals surface area contributed by atoms with Gasteiger partial charge in [0, 0.05) is 25.7 Å². The molecular weight excluding hydrogens is 140 g/mol. The molecule has 0 bridgehead atoms. The minimum absolute atomic E-state index is 0.322. The number of aliphatic hydroxyl groups excluding tert-OH is 1. The number of rotatable bonds is 4. The van der Waals surface area contributed by atoms with Gasteiger partial charge in [-0.15, -0.1) is 0 Å². The van der Waals surface area contributed by atoms with Gasteiger partial charge in [0.1, 0.15) is 0 Å². The van der Waals surface area contributed by atoms with Gasteiger partial charge in [-0.05, 0) is 18.8 Å². The van der Waals surface area contributed by atoms with Crippen molar-refractivity contribution in [3.63, 3.8) is 0 Å². The van der Waals surface area contributed by atoms with Crippen molar-refractivity contribution in [1.29, 1.82) is 0 Å². The summed E-state index contributed by atoms with van der Waals surface area (Å²) in [4.78, 5) is 0. The highest BCUT2D eigenvalue weighted by molar-refractivity contribution is 4.82. The molecule has 3 nitrogen and oxygen atoms in total. The average molecular weight is 158 g/mol. The quantitative estimate of drug-likeness (QED) is 0.526. The summed E-state index contributed by atoms with van der Waals surface area (Å²) in [7, 11) is 0. The highest BCUT2D eigenvalue weighted by Crippen LogP contribution is 2.24. The lowest BCUT2D eigenvalue weighted by atomic mass is 10.1. The number of nitrogens with one attached hydrogen (secondary N) is 1. The summed E-state index contributed by atoms with van der Waals surface area (Å²) in [6.45, 7) is 1.89. The molecule has 0 spiro atoms. The second-order valence-corrected chi connectivity index (χ2v) is 3.22. The van der Waals surface area contributed by atoms with Gasteiger partial charge in [-0.2, -0.15) is 0 Å². The third-order valence-corrected chi connectivity index (χ3v) is 2.44. The maximum absolute atomic E-state index is 8.96. The minimum Gasteiger partial charge on any atom is -0.396 e. The summed E-state index contributed by atoms with van der Waals surface area (Å²) >= 11 is 0. The van der Waals surface area contributed by atoms with Gasteiger partial charge in [-0.3, -0.25) is 0 Å². The van der Waals surface area contributed by atoms with Gasteiger partial charge in [-0.1, -0.05) is 6.42 Å². The van der Waals surface area contributed by atoms with E-state index in [1.807, 2.05) is 0 Å². The van der Waals surface area contributed by atoms with Crippen LogP contribution in [0.4, 0.5) is 0 Å². The Kier molecular flexibility index (Phi) is 3.83. The second-order valence-electron chi connectivity index (χ2n) is 3.22. The molecule has 0 saturated heterocycles. The first-order chi connectivity index (χ1) is 5.38. The van der Waals surface area contributed by atoms with E-state index in [1.165, 1.54) is 19.3 Å². The molecule has 1 fully saturated rings. The molecule has 2 unspecified atom stereocenters. The Labute approximate surface area is 68.0 Å². The van der Waals surface area contributed by atoms with Crippen molar-refractivity contribution in [2.75, 3.05) is 19.7 Å². The molecule has 0 amide bonds. The van der Waals surface area contributed by atoms with Gasteiger partial charge in [0.25, 0.3) is 0 Å². The van der Waals surface area contributed by atoms with Crippen LogP contribution in [0, 0.1) is 5.92 Å². The fraction of sp³-hybridized carbons (Fsp3) is 1.00. The summed E-state index contributed by atoms with van der Waals surface area (Å²) < 4.78 is 0. The van der Waals surface area contributed by atoms with Crippen LogP contribution in [0.5, 0.6) is 0 Å². The predicted octanol–water partition coefficient (Wildman–Crippen LogP) is -0.304. The van der Waals surface area contributed by atoms with Crippen LogP contribution in [0.15, 0.2) is 0 Å². The zero-order valence-corrected chi connectivity index (χ0v) is 6.92. The maximum atomic E-state index is 8.96. The first-order valence-electron chi connectivity index (χ1n) is 4.42. The van der Waals surface area contributed by atoms with Crippen molar-refractivity contribution in [2.24, 2.45) is 11.7 Å². The lowest BCUT2D eigenvalue weighted by Gasteiger charge is -2.18. The van der Waals surface area contributed by atoms with Crippen molar-refractivity contribution in [3.05, 3.63) is 0 Å². The van der Waals surface area contributed by atoms with Crippen LogP contribution in [-0.2, 0) is 0 Å². The second kappa shape index (κ2) is 4.70. The van der Waals surface area contributed by atoms with Gasteiger partial charge < -0.3 is 16.2 Å². The van der Waals surface area contributed by atoms with Crippen molar-refractivity contribution in [3.8, 4) is 0 Å². The van der Waals surface area contributed by atoms with E-state index in [2.05, 4.69) is 5.32 Å². The van der Waals surface area contributed by atoms with Crippen LogP contribution in [0.2, 0.25) is 0 Å². The molecule has 3 heteroatoms. The van der Waals surface area contributed by atoms with Crippen LogP contribution < -0.4 is 11.1 Å². The maximum Gasteiger partial charge on any atom is 0.0474 e. The highest BCUT2D eigenvalue weighted by atomic mass is 16.3. The van der Waals surface area contributed by atoms with Gasteiger partial charge in [0.2, 0.25) is 0 Å². The Bertz CT molecular complexity index is 108. The molecule has 0 heterocycles. The summed E-state index contributed by atoms with van der Waals surface area (Å²) in [5.41, 5.74) is 5.37. The van der Waals surface area contributed by atoms with Crippen molar-refractivity contribution in [1.82, 2.24) is 5.32 Å². The number of hydrogen-bond acceptors (Lipinski definition) is 3. The normalized spacial score (nSPS) is 31.1. The number of nitrogens with two attached hydrogens (primary N) is 1. The van der Waals surface area contributed by atoms with E-state index in [1.54, 1.807) is 0 Å². The number of hydrogen-bond donors (Lipinski definition) is 3. The van der Waals surface area contributed by atoms with Crippen molar-refractivity contribution in [2.45, 2.75) is 25.3 Å². The molecule has 0 radical (unpaired) electrons.